The minimum absolute atomic E-state index is 0.0954. The number of aliphatic hydroxyl groups is 1. The number of aromatic nitrogens is 4. The van der Waals surface area contributed by atoms with E-state index >= 15 is 0 Å². The molecule has 1 aliphatic rings. The lowest BCUT2D eigenvalue weighted by atomic mass is 9.94. The Kier molecular flexibility index (Phi) is 3.36. The van der Waals surface area contributed by atoms with Gasteiger partial charge in [0.25, 0.3) is 5.89 Å². The van der Waals surface area contributed by atoms with Crippen molar-refractivity contribution in [2.24, 2.45) is 5.92 Å². The van der Waals surface area contributed by atoms with Gasteiger partial charge in [0.1, 0.15) is 11.8 Å². The number of ether oxygens (including phenoxy) is 1. The zero-order chi connectivity index (χ0) is 14.9. The van der Waals surface area contributed by atoms with Crippen molar-refractivity contribution >= 4 is 10.9 Å². The van der Waals surface area contributed by atoms with E-state index in [0.29, 0.717) is 24.7 Å². The second kappa shape index (κ2) is 5.51. The van der Waals surface area contributed by atoms with Crippen LogP contribution in [-0.2, 0) is 4.74 Å². The summed E-state index contributed by atoms with van der Waals surface area (Å²) < 4.78 is 10.6. The van der Waals surface area contributed by atoms with E-state index < -0.39 is 6.10 Å². The van der Waals surface area contributed by atoms with Gasteiger partial charge in [0.05, 0.1) is 5.52 Å². The average Bonchev–Trinajstić information content (AvgIpc) is 3.21. The van der Waals surface area contributed by atoms with Crippen molar-refractivity contribution < 1.29 is 14.4 Å². The van der Waals surface area contributed by atoms with Crippen LogP contribution in [0.15, 0.2) is 28.8 Å². The van der Waals surface area contributed by atoms with Gasteiger partial charge in [-0.05, 0) is 24.8 Å². The number of para-hydroxylation sites is 1. The summed E-state index contributed by atoms with van der Waals surface area (Å²) in [6, 6.07) is 7.74. The van der Waals surface area contributed by atoms with Crippen molar-refractivity contribution in [1.29, 1.82) is 0 Å². The number of nitrogens with one attached hydrogen (secondary N) is 1. The molecule has 7 nitrogen and oxygen atoms in total. The quantitative estimate of drug-likeness (QED) is 0.768. The Morgan fingerprint density at radius 3 is 2.91 bits per heavy atom. The van der Waals surface area contributed by atoms with Gasteiger partial charge in [-0.15, -0.1) is 0 Å². The van der Waals surface area contributed by atoms with E-state index in [1.54, 1.807) is 0 Å². The van der Waals surface area contributed by atoms with Gasteiger partial charge in [-0.3, -0.25) is 5.10 Å². The number of aliphatic hydroxyl groups excluding tert-OH is 1. The van der Waals surface area contributed by atoms with E-state index in [-0.39, 0.29) is 11.8 Å². The molecule has 1 unspecified atom stereocenters. The molecule has 2 N–H and O–H groups in total. The molecule has 1 aliphatic heterocycles. The molecule has 1 atom stereocenters. The number of fused-ring (bicyclic) bond motifs is 1. The molecule has 0 saturated carbocycles. The number of hydrogen-bond acceptors (Lipinski definition) is 6. The zero-order valence-electron chi connectivity index (χ0n) is 11.9. The second-order valence-corrected chi connectivity index (χ2v) is 5.47. The fourth-order valence-electron chi connectivity index (χ4n) is 2.82. The Morgan fingerprint density at radius 2 is 2.05 bits per heavy atom. The van der Waals surface area contributed by atoms with E-state index in [9.17, 15) is 5.11 Å². The molecule has 0 bridgehead atoms. The number of rotatable bonds is 3. The molecule has 1 fully saturated rings. The SMILES string of the molecule is OC(c1nc(-c2n[nH]c3ccccc23)no1)C1CCOCC1. The van der Waals surface area contributed by atoms with Crippen LogP contribution in [0.3, 0.4) is 0 Å². The van der Waals surface area contributed by atoms with Crippen molar-refractivity contribution in [2.75, 3.05) is 13.2 Å². The number of hydrogen-bond donors (Lipinski definition) is 2. The first kappa shape index (κ1) is 13.4. The molecule has 0 spiro atoms. The molecule has 1 aromatic carbocycles. The normalized spacial score (nSPS) is 17.9. The monoisotopic (exact) mass is 300 g/mol. The topological polar surface area (TPSA) is 97.1 Å². The summed E-state index contributed by atoms with van der Waals surface area (Å²) in [5, 5.41) is 22.5. The first-order valence-electron chi connectivity index (χ1n) is 7.36. The summed E-state index contributed by atoms with van der Waals surface area (Å²) in [4.78, 5) is 4.33. The van der Waals surface area contributed by atoms with Crippen LogP contribution in [0.5, 0.6) is 0 Å². The third-order valence-electron chi connectivity index (χ3n) is 4.09. The van der Waals surface area contributed by atoms with Gasteiger partial charge in [-0.2, -0.15) is 10.1 Å². The predicted octanol–water partition coefficient (Wildman–Crippen LogP) is 2.07. The molecule has 0 amide bonds. The summed E-state index contributed by atoms with van der Waals surface area (Å²) >= 11 is 0. The molecule has 3 heterocycles. The lowest BCUT2D eigenvalue weighted by Gasteiger charge is -2.24. The van der Waals surface area contributed by atoms with Gasteiger partial charge in [0.15, 0.2) is 0 Å². The van der Waals surface area contributed by atoms with E-state index in [1.807, 2.05) is 24.3 Å². The molecule has 2 aromatic heterocycles. The van der Waals surface area contributed by atoms with Crippen LogP contribution in [0.25, 0.3) is 22.4 Å². The van der Waals surface area contributed by atoms with E-state index in [1.165, 1.54) is 0 Å². The first-order valence-corrected chi connectivity index (χ1v) is 7.36. The van der Waals surface area contributed by atoms with Crippen LogP contribution >= 0.6 is 0 Å². The third-order valence-corrected chi connectivity index (χ3v) is 4.09. The van der Waals surface area contributed by atoms with Crippen molar-refractivity contribution in [2.45, 2.75) is 18.9 Å². The van der Waals surface area contributed by atoms with Crippen LogP contribution < -0.4 is 0 Å². The number of H-pyrrole nitrogens is 1. The molecule has 3 aromatic rings. The standard InChI is InChI=1S/C15H16N4O3/c20-13(9-5-7-21-8-6-9)15-16-14(19-22-15)12-10-3-1-2-4-11(10)17-18-12/h1-4,9,13,20H,5-8H2,(H,17,18). The van der Waals surface area contributed by atoms with E-state index in [0.717, 1.165) is 23.7 Å². The van der Waals surface area contributed by atoms with Gasteiger partial charge >= 0.3 is 0 Å². The number of nitrogens with zero attached hydrogens (tertiary/aromatic N) is 3. The van der Waals surface area contributed by atoms with Crippen LogP contribution in [0.1, 0.15) is 24.8 Å². The van der Waals surface area contributed by atoms with Crippen molar-refractivity contribution in [3.63, 3.8) is 0 Å². The Balaban J connectivity index is 1.63. The minimum atomic E-state index is -0.754. The highest BCUT2D eigenvalue weighted by Gasteiger charge is 2.28. The molecular formula is C15H16N4O3. The Morgan fingerprint density at radius 1 is 1.23 bits per heavy atom. The van der Waals surface area contributed by atoms with Gasteiger partial charge in [0.2, 0.25) is 5.82 Å². The summed E-state index contributed by atoms with van der Waals surface area (Å²) in [5.74, 6) is 0.727. The first-order chi connectivity index (χ1) is 10.8. The Bertz CT molecular complexity index is 776. The van der Waals surface area contributed by atoms with Crippen molar-refractivity contribution in [3.05, 3.63) is 30.2 Å². The maximum atomic E-state index is 10.4. The lowest BCUT2D eigenvalue weighted by molar-refractivity contribution is -0.00545. The molecule has 0 aliphatic carbocycles. The smallest absolute Gasteiger partial charge is 0.256 e. The molecular weight excluding hydrogens is 284 g/mol. The Hall–Kier alpha value is -2.25. The summed E-state index contributed by atoms with van der Waals surface area (Å²) in [5.41, 5.74) is 1.54. The summed E-state index contributed by atoms with van der Waals surface area (Å²) in [7, 11) is 0. The van der Waals surface area contributed by atoms with Crippen molar-refractivity contribution in [1.82, 2.24) is 20.3 Å². The maximum Gasteiger partial charge on any atom is 0.256 e. The highest BCUT2D eigenvalue weighted by Crippen LogP contribution is 2.31. The summed E-state index contributed by atoms with van der Waals surface area (Å²) in [6.45, 7) is 1.32. The van der Waals surface area contributed by atoms with E-state index in [2.05, 4.69) is 20.3 Å². The number of benzene rings is 1. The largest absolute Gasteiger partial charge is 0.383 e. The van der Waals surface area contributed by atoms with Gasteiger partial charge in [-0.1, -0.05) is 23.4 Å². The molecule has 22 heavy (non-hydrogen) atoms. The van der Waals surface area contributed by atoms with Crippen molar-refractivity contribution in [3.8, 4) is 11.5 Å². The molecule has 114 valence electrons. The van der Waals surface area contributed by atoms with Crippen LogP contribution in [-0.4, -0.2) is 38.7 Å². The molecule has 4 rings (SSSR count). The fourth-order valence-corrected chi connectivity index (χ4v) is 2.82. The maximum absolute atomic E-state index is 10.4. The van der Waals surface area contributed by atoms with Gasteiger partial charge in [0, 0.05) is 18.6 Å². The summed E-state index contributed by atoms with van der Waals surface area (Å²) in [6.07, 6.45) is 0.837. The molecule has 0 radical (unpaired) electrons. The predicted molar refractivity (Wildman–Crippen MR) is 77.9 cm³/mol. The molecule has 1 saturated heterocycles. The highest BCUT2D eigenvalue weighted by molar-refractivity contribution is 5.90. The van der Waals surface area contributed by atoms with Crippen LogP contribution in [0.2, 0.25) is 0 Å². The van der Waals surface area contributed by atoms with Crippen LogP contribution in [0.4, 0.5) is 0 Å². The third kappa shape index (κ3) is 2.28. The second-order valence-electron chi connectivity index (χ2n) is 5.47. The highest BCUT2D eigenvalue weighted by atomic mass is 16.5. The molecule has 7 heteroatoms. The van der Waals surface area contributed by atoms with Gasteiger partial charge in [-0.25, -0.2) is 0 Å². The van der Waals surface area contributed by atoms with E-state index in [4.69, 9.17) is 9.26 Å². The number of aromatic amines is 1. The Labute approximate surface area is 126 Å². The average molecular weight is 300 g/mol. The fraction of sp³-hybridized carbons (Fsp3) is 0.400. The zero-order valence-corrected chi connectivity index (χ0v) is 11.9. The lowest BCUT2D eigenvalue weighted by Crippen LogP contribution is -2.22. The minimum Gasteiger partial charge on any atom is -0.383 e. The van der Waals surface area contributed by atoms with Gasteiger partial charge < -0.3 is 14.4 Å². The van der Waals surface area contributed by atoms with Crippen LogP contribution in [0, 0.1) is 5.92 Å².